The van der Waals surface area contributed by atoms with Crippen LogP contribution in [-0.4, -0.2) is 23.9 Å². The molecule has 1 aromatic carbocycles. The molecule has 3 heteroatoms. The molecule has 1 aliphatic rings. The minimum Gasteiger partial charge on any atom is -0.326 e. The van der Waals surface area contributed by atoms with E-state index in [0.717, 1.165) is 17.8 Å². The van der Waals surface area contributed by atoms with E-state index in [1.807, 2.05) is 13.0 Å². The molecule has 1 aromatic rings. The number of hydrogen-bond donors (Lipinski definition) is 1. The van der Waals surface area contributed by atoms with Crippen molar-refractivity contribution in [2.24, 2.45) is 0 Å². The smallest absolute Gasteiger partial charge is 0.221 e. The van der Waals surface area contributed by atoms with E-state index in [9.17, 15) is 4.79 Å². The molecule has 0 aliphatic carbocycles. The third kappa shape index (κ3) is 3.30. The third-order valence-electron chi connectivity index (χ3n) is 3.21. The zero-order chi connectivity index (χ0) is 12.3. The van der Waals surface area contributed by atoms with Crippen molar-refractivity contribution < 1.29 is 4.79 Å². The Balaban J connectivity index is 2.04. The van der Waals surface area contributed by atoms with Crippen LogP contribution in [0.5, 0.6) is 0 Å². The number of anilines is 1. The fraction of sp³-hybridized carbons (Fsp3) is 0.500. The molecule has 0 unspecified atom stereocenters. The predicted octanol–water partition coefficient (Wildman–Crippen LogP) is 2.55. The summed E-state index contributed by atoms with van der Waals surface area (Å²) in [5.41, 5.74) is 3.39. The Morgan fingerprint density at radius 3 is 2.65 bits per heavy atom. The van der Waals surface area contributed by atoms with Gasteiger partial charge in [-0.1, -0.05) is 12.1 Å². The van der Waals surface area contributed by atoms with Gasteiger partial charge in [-0.25, -0.2) is 0 Å². The number of nitrogens with one attached hydrogen (secondary N) is 1. The maximum Gasteiger partial charge on any atom is 0.221 e. The highest BCUT2D eigenvalue weighted by atomic mass is 16.1. The van der Waals surface area contributed by atoms with Crippen LogP contribution in [0, 0.1) is 6.92 Å². The minimum absolute atomic E-state index is 0.0135. The summed E-state index contributed by atoms with van der Waals surface area (Å²) < 4.78 is 0. The van der Waals surface area contributed by atoms with Crippen molar-refractivity contribution in [1.82, 2.24) is 4.90 Å². The van der Waals surface area contributed by atoms with Gasteiger partial charge in [0, 0.05) is 19.2 Å². The van der Waals surface area contributed by atoms with Crippen molar-refractivity contribution in [3.8, 4) is 0 Å². The molecular formula is C14H20N2O. The van der Waals surface area contributed by atoms with Crippen molar-refractivity contribution in [2.45, 2.75) is 33.2 Å². The van der Waals surface area contributed by atoms with E-state index in [-0.39, 0.29) is 5.91 Å². The molecule has 0 aromatic heterocycles. The standard InChI is InChI=1S/C14H20N2O/c1-11-9-13(10-16-7-3-4-8-16)5-6-14(11)15-12(2)17/h5-6,9H,3-4,7-8,10H2,1-2H3,(H,15,17). The average Bonchev–Trinajstić information content (AvgIpc) is 2.74. The molecule has 0 saturated carbocycles. The molecule has 1 saturated heterocycles. The highest BCUT2D eigenvalue weighted by Gasteiger charge is 2.12. The summed E-state index contributed by atoms with van der Waals surface area (Å²) in [6.45, 7) is 7.04. The van der Waals surface area contributed by atoms with E-state index in [1.165, 1.54) is 38.4 Å². The summed E-state index contributed by atoms with van der Waals surface area (Å²) >= 11 is 0. The van der Waals surface area contributed by atoms with Gasteiger partial charge in [-0.05, 0) is 50.0 Å². The summed E-state index contributed by atoms with van der Waals surface area (Å²) in [6.07, 6.45) is 2.64. The Labute approximate surface area is 103 Å². The molecule has 17 heavy (non-hydrogen) atoms. The molecule has 0 bridgehead atoms. The zero-order valence-electron chi connectivity index (χ0n) is 10.6. The summed E-state index contributed by atoms with van der Waals surface area (Å²) in [5, 5.41) is 2.84. The monoisotopic (exact) mass is 232 g/mol. The number of likely N-dealkylation sites (tertiary alicyclic amines) is 1. The van der Waals surface area contributed by atoms with E-state index in [1.54, 1.807) is 0 Å². The summed E-state index contributed by atoms with van der Waals surface area (Å²) in [6, 6.07) is 6.28. The zero-order valence-corrected chi connectivity index (χ0v) is 10.6. The maximum atomic E-state index is 11.0. The van der Waals surface area contributed by atoms with Gasteiger partial charge in [0.2, 0.25) is 5.91 Å². The number of carbonyl (C=O) groups excluding carboxylic acids is 1. The highest BCUT2D eigenvalue weighted by molar-refractivity contribution is 5.89. The average molecular weight is 232 g/mol. The van der Waals surface area contributed by atoms with Crippen LogP contribution in [0.1, 0.15) is 30.9 Å². The summed E-state index contributed by atoms with van der Waals surface area (Å²) in [4.78, 5) is 13.5. The first-order valence-electron chi connectivity index (χ1n) is 6.24. The normalized spacial score (nSPS) is 16.1. The van der Waals surface area contributed by atoms with Crippen LogP contribution in [-0.2, 0) is 11.3 Å². The molecule has 1 N–H and O–H groups in total. The third-order valence-corrected chi connectivity index (χ3v) is 3.21. The van der Waals surface area contributed by atoms with Gasteiger partial charge in [0.25, 0.3) is 0 Å². The van der Waals surface area contributed by atoms with E-state index >= 15 is 0 Å². The second-order valence-corrected chi connectivity index (χ2v) is 4.81. The van der Waals surface area contributed by atoms with Crippen LogP contribution >= 0.6 is 0 Å². The molecule has 1 heterocycles. The van der Waals surface area contributed by atoms with Crippen LogP contribution in [0.25, 0.3) is 0 Å². The molecule has 0 radical (unpaired) electrons. The minimum atomic E-state index is -0.0135. The van der Waals surface area contributed by atoms with E-state index in [4.69, 9.17) is 0 Å². The molecular weight excluding hydrogens is 212 g/mol. The number of hydrogen-bond acceptors (Lipinski definition) is 2. The lowest BCUT2D eigenvalue weighted by molar-refractivity contribution is -0.114. The molecule has 92 valence electrons. The number of rotatable bonds is 3. The van der Waals surface area contributed by atoms with E-state index in [2.05, 4.69) is 22.3 Å². The lowest BCUT2D eigenvalue weighted by Crippen LogP contribution is -2.18. The van der Waals surface area contributed by atoms with E-state index < -0.39 is 0 Å². The van der Waals surface area contributed by atoms with Crippen LogP contribution in [0.2, 0.25) is 0 Å². The molecule has 1 aliphatic heterocycles. The molecule has 3 nitrogen and oxygen atoms in total. The molecule has 1 fully saturated rings. The number of amides is 1. The Hall–Kier alpha value is -1.35. The Kier molecular flexibility index (Phi) is 3.79. The van der Waals surface area contributed by atoms with Crippen LogP contribution in [0.15, 0.2) is 18.2 Å². The SMILES string of the molecule is CC(=O)Nc1ccc(CN2CCCC2)cc1C. The second kappa shape index (κ2) is 5.32. The summed E-state index contributed by atoms with van der Waals surface area (Å²) in [7, 11) is 0. The van der Waals surface area contributed by atoms with Gasteiger partial charge in [0.1, 0.15) is 0 Å². The number of aryl methyl sites for hydroxylation is 1. The second-order valence-electron chi connectivity index (χ2n) is 4.81. The lowest BCUT2D eigenvalue weighted by Gasteiger charge is -2.16. The summed E-state index contributed by atoms with van der Waals surface area (Å²) in [5.74, 6) is -0.0135. The van der Waals surface area contributed by atoms with Crippen molar-refractivity contribution >= 4 is 11.6 Å². The number of carbonyl (C=O) groups is 1. The quantitative estimate of drug-likeness (QED) is 0.868. The van der Waals surface area contributed by atoms with Crippen molar-refractivity contribution in [3.63, 3.8) is 0 Å². The first-order valence-corrected chi connectivity index (χ1v) is 6.24. The maximum absolute atomic E-state index is 11.0. The molecule has 2 rings (SSSR count). The lowest BCUT2D eigenvalue weighted by atomic mass is 10.1. The fourth-order valence-electron chi connectivity index (χ4n) is 2.35. The van der Waals surface area contributed by atoms with Gasteiger partial charge < -0.3 is 5.32 Å². The predicted molar refractivity (Wildman–Crippen MR) is 70.0 cm³/mol. The molecule has 1 amide bonds. The van der Waals surface area contributed by atoms with Gasteiger partial charge in [0.15, 0.2) is 0 Å². The van der Waals surface area contributed by atoms with Crippen LogP contribution in [0.3, 0.4) is 0 Å². The topological polar surface area (TPSA) is 32.3 Å². The van der Waals surface area contributed by atoms with Gasteiger partial charge in [-0.2, -0.15) is 0 Å². The van der Waals surface area contributed by atoms with Crippen molar-refractivity contribution in [1.29, 1.82) is 0 Å². The largest absolute Gasteiger partial charge is 0.326 e. The highest BCUT2D eigenvalue weighted by Crippen LogP contribution is 2.19. The molecule has 0 spiro atoms. The Morgan fingerprint density at radius 1 is 1.35 bits per heavy atom. The van der Waals surface area contributed by atoms with Crippen LogP contribution in [0.4, 0.5) is 5.69 Å². The fourth-order valence-corrected chi connectivity index (χ4v) is 2.35. The van der Waals surface area contributed by atoms with Gasteiger partial charge in [0.05, 0.1) is 0 Å². The number of benzene rings is 1. The number of nitrogens with zero attached hydrogens (tertiary/aromatic N) is 1. The van der Waals surface area contributed by atoms with Gasteiger partial charge in [-0.3, -0.25) is 9.69 Å². The van der Waals surface area contributed by atoms with Crippen LogP contribution < -0.4 is 5.32 Å². The van der Waals surface area contributed by atoms with Gasteiger partial charge >= 0.3 is 0 Å². The van der Waals surface area contributed by atoms with Crippen molar-refractivity contribution in [2.75, 3.05) is 18.4 Å². The Bertz CT molecular complexity index is 409. The van der Waals surface area contributed by atoms with Crippen molar-refractivity contribution in [3.05, 3.63) is 29.3 Å². The Morgan fingerprint density at radius 2 is 2.06 bits per heavy atom. The van der Waals surface area contributed by atoms with E-state index in [0.29, 0.717) is 0 Å². The first-order chi connectivity index (χ1) is 8.15. The van der Waals surface area contributed by atoms with Gasteiger partial charge in [-0.15, -0.1) is 0 Å². The first kappa shape index (κ1) is 12.1. The molecule has 0 atom stereocenters.